The number of aryl methyl sites for hydroxylation is 1. The van der Waals surface area contributed by atoms with Crippen LogP contribution in [0.15, 0.2) is 64.2 Å². The van der Waals surface area contributed by atoms with Crippen molar-refractivity contribution >= 4 is 21.4 Å². The molecule has 0 fully saturated rings. The van der Waals surface area contributed by atoms with Gasteiger partial charge in [0.05, 0.1) is 6.42 Å². The molecular weight excluding hydrogens is 378 g/mol. The Morgan fingerprint density at radius 1 is 1.04 bits per heavy atom. The Hall–Kier alpha value is -3.00. The first-order chi connectivity index (χ1) is 13.5. The molecule has 0 atom stereocenters. The number of nitrogens with zero attached hydrogens (tertiary/aromatic N) is 3. The number of rotatable bonds is 5. The van der Waals surface area contributed by atoms with Gasteiger partial charge < -0.3 is 9.32 Å². The van der Waals surface area contributed by atoms with E-state index in [0.717, 1.165) is 29.7 Å². The lowest BCUT2D eigenvalue weighted by molar-refractivity contribution is -0.116. The third kappa shape index (κ3) is 3.82. The fraction of sp³-hybridized carbons (Fsp3) is 0.250. The second kappa shape index (κ2) is 7.55. The third-order valence-corrected chi connectivity index (χ3v) is 5.96. The van der Waals surface area contributed by atoms with Crippen molar-refractivity contribution in [3.05, 3.63) is 71.6 Å². The Bertz CT molecular complexity index is 1090. The van der Waals surface area contributed by atoms with Gasteiger partial charge in [0.1, 0.15) is 5.75 Å². The fourth-order valence-electron chi connectivity index (χ4n) is 3.30. The number of amides is 1. The molecule has 1 amide bonds. The zero-order valence-corrected chi connectivity index (χ0v) is 15.9. The fourth-order valence-corrected chi connectivity index (χ4v) is 4.29. The van der Waals surface area contributed by atoms with Gasteiger partial charge in [0, 0.05) is 12.2 Å². The van der Waals surface area contributed by atoms with Gasteiger partial charge in [0.15, 0.2) is 0 Å². The molecule has 3 aromatic rings. The number of para-hydroxylation sites is 1. The minimum atomic E-state index is -4.01. The zero-order chi connectivity index (χ0) is 19.6. The van der Waals surface area contributed by atoms with E-state index >= 15 is 0 Å². The van der Waals surface area contributed by atoms with E-state index in [1.54, 1.807) is 0 Å². The molecule has 7 nitrogen and oxygen atoms in total. The predicted octanol–water partition coefficient (Wildman–Crippen LogP) is 2.41. The minimum absolute atomic E-state index is 0.195. The molecule has 0 spiro atoms. The Labute approximate surface area is 162 Å². The maximum atomic E-state index is 12.7. The Morgan fingerprint density at radius 3 is 2.61 bits per heavy atom. The first kappa shape index (κ1) is 18.4. The topological polar surface area (TPSA) is 93.4 Å². The molecule has 2 aromatic carbocycles. The van der Waals surface area contributed by atoms with E-state index in [-0.39, 0.29) is 5.89 Å². The molecule has 1 aliphatic rings. The van der Waals surface area contributed by atoms with Gasteiger partial charge in [0.2, 0.25) is 21.6 Å². The number of carbonyl (C=O) groups is 1. The van der Waals surface area contributed by atoms with Crippen molar-refractivity contribution in [3.8, 4) is 0 Å². The van der Waals surface area contributed by atoms with Crippen LogP contribution in [-0.4, -0.2) is 36.8 Å². The average Bonchev–Trinajstić information content (AvgIpc) is 3.17. The summed E-state index contributed by atoms with van der Waals surface area (Å²) < 4.78 is 30.6. The number of benzene rings is 2. The quantitative estimate of drug-likeness (QED) is 0.656. The summed E-state index contributed by atoms with van der Waals surface area (Å²) >= 11 is 0. The van der Waals surface area contributed by atoms with Crippen LogP contribution in [0.2, 0.25) is 0 Å². The van der Waals surface area contributed by atoms with Gasteiger partial charge >= 0.3 is 5.22 Å². The number of hydrogen-bond acceptors (Lipinski definition) is 6. The van der Waals surface area contributed by atoms with Crippen LogP contribution in [-0.2, 0) is 27.5 Å². The smallest absolute Gasteiger partial charge is 0.336 e. The number of hydrogen-bond donors (Lipinski definition) is 0. The first-order valence-corrected chi connectivity index (χ1v) is 10.7. The first-order valence-electron chi connectivity index (χ1n) is 9.00. The molecule has 1 aliphatic heterocycles. The molecule has 0 radical (unpaired) electrons. The number of sulfone groups is 1. The van der Waals surface area contributed by atoms with E-state index in [1.807, 2.05) is 54.6 Å². The summed E-state index contributed by atoms with van der Waals surface area (Å²) in [5.41, 5.74) is 2.74. The van der Waals surface area contributed by atoms with Gasteiger partial charge in [-0.2, -0.15) is 0 Å². The standard InChI is InChI=1S/C20H19N3O4S/c24-19(23-12-6-10-16-9-4-5-11-17(16)23)14-28(25,26)20-22-21-18(27-20)13-15-7-2-1-3-8-15/h1-5,7-9,11H,6,10,12-14H2. The molecular formula is C20H19N3O4S. The van der Waals surface area contributed by atoms with Gasteiger partial charge in [-0.1, -0.05) is 53.6 Å². The number of anilines is 1. The number of carbonyl (C=O) groups excluding carboxylic acids is 1. The van der Waals surface area contributed by atoms with Crippen molar-refractivity contribution in [1.29, 1.82) is 0 Å². The average molecular weight is 397 g/mol. The molecule has 1 aromatic heterocycles. The largest absolute Gasteiger partial charge is 0.412 e. The van der Waals surface area contributed by atoms with E-state index in [0.29, 0.717) is 13.0 Å². The molecule has 0 N–H and O–H groups in total. The molecule has 0 saturated carbocycles. The van der Waals surface area contributed by atoms with Gasteiger partial charge in [-0.25, -0.2) is 8.42 Å². The lowest BCUT2D eigenvalue weighted by atomic mass is 10.0. The number of fused-ring (bicyclic) bond motifs is 1. The van der Waals surface area contributed by atoms with Crippen molar-refractivity contribution in [3.63, 3.8) is 0 Å². The summed E-state index contributed by atoms with van der Waals surface area (Å²) in [6, 6.07) is 16.9. The van der Waals surface area contributed by atoms with E-state index in [9.17, 15) is 13.2 Å². The van der Waals surface area contributed by atoms with Crippen LogP contribution >= 0.6 is 0 Å². The van der Waals surface area contributed by atoms with Crippen LogP contribution in [0.4, 0.5) is 5.69 Å². The molecule has 0 unspecified atom stereocenters. The maximum absolute atomic E-state index is 12.7. The Morgan fingerprint density at radius 2 is 1.79 bits per heavy atom. The SMILES string of the molecule is O=C(CS(=O)(=O)c1nnc(Cc2ccccc2)o1)N1CCCc2ccccc21. The van der Waals surface area contributed by atoms with Gasteiger partial charge in [-0.15, -0.1) is 5.10 Å². The lowest BCUT2D eigenvalue weighted by Gasteiger charge is -2.29. The monoisotopic (exact) mass is 397 g/mol. The number of aromatic nitrogens is 2. The Balaban J connectivity index is 1.50. The van der Waals surface area contributed by atoms with E-state index < -0.39 is 26.7 Å². The van der Waals surface area contributed by atoms with Crippen LogP contribution in [0.3, 0.4) is 0 Å². The van der Waals surface area contributed by atoms with E-state index in [2.05, 4.69) is 10.2 Å². The van der Waals surface area contributed by atoms with Crippen molar-refractivity contribution in [2.24, 2.45) is 0 Å². The van der Waals surface area contributed by atoms with Crippen molar-refractivity contribution in [2.45, 2.75) is 24.5 Å². The second-order valence-electron chi connectivity index (χ2n) is 6.66. The van der Waals surface area contributed by atoms with Gasteiger partial charge in [0.25, 0.3) is 0 Å². The maximum Gasteiger partial charge on any atom is 0.336 e. The Kier molecular flexibility index (Phi) is 4.95. The normalized spacial score (nSPS) is 13.9. The van der Waals surface area contributed by atoms with Crippen LogP contribution in [0.25, 0.3) is 0 Å². The van der Waals surface area contributed by atoms with Crippen LogP contribution < -0.4 is 4.90 Å². The van der Waals surface area contributed by atoms with E-state index in [4.69, 9.17) is 4.42 Å². The minimum Gasteiger partial charge on any atom is -0.412 e. The molecule has 4 rings (SSSR count). The second-order valence-corrected chi connectivity index (χ2v) is 8.53. The van der Waals surface area contributed by atoms with Crippen molar-refractivity contribution in [2.75, 3.05) is 17.2 Å². The molecule has 144 valence electrons. The zero-order valence-electron chi connectivity index (χ0n) is 15.1. The molecule has 0 saturated heterocycles. The summed E-state index contributed by atoms with van der Waals surface area (Å²) in [7, 11) is -4.01. The highest BCUT2D eigenvalue weighted by molar-refractivity contribution is 7.91. The summed E-state index contributed by atoms with van der Waals surface area (Å²) in [6.07, 6.45) is 2.00. The van der Waals surface area contributed by atoms with Crippen LogP contribution in [0.5, 0.6) is 0 Å². The predicted molar refractivity (Wildman–Crippen MR) is 103 cm³/mol. The van der Waals surface area contributed by atoms with Gasteiger partial charge in [-0.3, -0.25) is 4.79 Å². The van der Waals surface area contributed by atoms with Crippen LogP contribution in [0, 0.1) is 0 Å². The molecule has 28 heavy (non-hydrogen) atoms. The van der Waals surface area contributed by atoms with Crippen molar-refractivity contribution in [1.82, 2.24) is 10.2 Å². The highest BCUT2D eigenvalue weighted by Gasteiger charge is 2.30. The summed E-state index contributed by atoms with van der Waals surface area (Å²) in [6.45, 7) is 0.495. The highest BCUT2D eigenvalue weighted by atomic mass is 32.2. The summed E-state index contributed by atoms with van der Waals surface area (Å²) in [4.78, 5) is 14.2. The summed E-state index contributed by atoms with van der Waals surface area (Å²) in [5.74, 6) is -0.996. The molecule has 0 aliphatic carbocycles. The van der Waals surface area contributed by atoms with Crippen molar-refractivity contribution < 1.29 is 17.6 Å². The van der Waals surface area contributed by atoms with E-state index in [1.165, 1.54) is 4.90 Å². The molecule has 8 heteroatoms. The molecule has 2 heterocycles. The summed E-state index contributed by atoms with van der Waals surface area (Å²) in [5, 5.41) is 6.95. The van der Waals surface area contributed by atoms with Crippen LogP contribution in [0.1, 0.15) is 23.4 Å². The third-order valence-electron chi connectivity index (χ3n) is 4.64. The lowest BCUT2D eigenvalue weighted by Crippen LogP contribution is -2.39. The highest BCUT2D eigenvalue weighted by Crippen LogP contribution is 2.27. The molecule has 0 bridgehead atoms. The van der Waals surface area contributed by atoms with Gasteiger partial charge in [-0.05, 0) is 30.0 Å².